The van der Waals surface area contributed by atoms with E-state index >= 15 is 0 Å². The van der Waals surface area contributed by atoms with Crippen LogP contribution in [-0.2, 0) is 0 Å². The van der Waals surface area contributed by atoms with Gasteiger partial charge in [0, 0.05) is 31.5 Å². The van der Waals surface area contributed by atoms with Gasteiger partial charge in [-0.05, 0) is 56.4 Å². The molecule has 7 nitrogen and oxygen atoms in total. The fourth-order valence-corrected chi connectivity index (χ4v) is 2.59. The van der Waals surface area contributed by atoms with Gasteiger partial charge in [-0.25, -0.2) is 9.78 Å². The van der Waals surface area contributed by atoms with Crippen LogP contribution in [-0.4, -0.2) is 54.0 Å². The fourth-order valence-electron chi connectivity index (χ4n) is 2.59. The van der Waals surface area contributed by atoms with Crippen LogP contribution < -0.4 is 15.8 Å². The second kappa shape index (κ2) is 10.4. The molecule has 27 heavy (non-hydrogen) atoms. The molecule has 2 amide bonds. The van der Waals surface area contributed by atoms with E-state index < -0.39 is 0 Å². The summed E-state index contributed by atoms with van der Waals surface area (Å²) in [4.78, 5) is 20.5. The number of hydrogen-bond donors (Lipinski definition) is 2. The molecule has 0 aliphatic rings. The van der Waals surface area contributed by atoms with Crippen molar-refractivity contribution >= 4 is 17.5 Å². The van der Waals surface area contributed by atoms with Crippen molar-refractivity contribution in [2.75, 3.05) is 44.3 Å². The minimum Gasteiger partial charge on any atom is -0.457 e. The molecule has 0 bridgehead atoms. The van der Waals surface area contributed by atoms with Crippen molar-refractivity contribution in [2.45, 2.75) is 20.3 Å². The monoisotopic (exact) mass is 371 g/mol. The third-order valence-electron chi connectivity index (χ3n) is 4.29. The molecular formula is C20H29N5O2. The van der Waals surface area contributed by atoms with Gasteiger partial charge in [0.05, 0.1) is 0 Å². The highest BCUT2D eigenvalue weighted by molar-refractivity contribution is 5.88. The topological polar surface area (TPSA) is 83.7 Å². The number of ether oxygens (including phenoxy) is 1. The molecule has 1 aromatic carbocycles. The number of hydrogen-bond acceptors (Lipinski definition) is 5. The average molecular weight is 371 g/mol. The Hall–Kier alpha value is -2.80. The van der Waals surface area contributed by atoms with Crippen LogP contribution in [0.25, 0.3) is 0 Å². The van der Waals surface area contributed by atoms with E-state index in [1.54, 1.807) is 54.5 Å². The van der Waals surface area contributed by atoms with Gasteiger partial charge in [-0.3, -0.25) is 5.32 Å². The molecule has 0 spiro atoms. The Kier molecular flexibility index (Phi) is 7.88. The first kappa shape index (κ1) is 20.5. The van der Waals surface area contributed by atoms with Gasteiger partial charge in [-0.1, -0.05) is 13.8 Å². The lowest BCUT2D eigenvalue weighted by molar-refractivity contribution is 0.217. The Bertz CT molecular complexity index is 717. The van der Waals surface area contributed by atoms with Crippen LogP contribution in [0.3, 0.4) is 0 Å². The van der Waals surface area contributed by atoms with Crippen molar-refractivity contribution in [1.82, 2.24) is 14.8 Å². The van der Waals surface area contributed by atoms with E-state index in [4.69, 9.17) is 10.5 Å². The van der Waals surface area contributed by atoms with Gasteiger partial charge in [0.25, 0.3) is 0 Å². The third-order valence-corrected chi connectivity index (χ3v) is 4.29. The standard InChI is InChI=1S/C20H29N5O2/c1-4-25(5-2)14-6-13-24(3)20(26)23-19-15-18(11-12-22-19)27-17-9-7-16(21)8-10-17/h7-12,15H,4-6,13-14,21H2,1-3H3,(H,22,23,26). The number of urea groups is 1. The van der Waals surface area contributed by atoms with E-state index in [0.717, 1.165) is 26.1 Å². The Labute approximate surface area is 161 Å². The number of carbonyl (C=O) groups excluding carboxylic acids is 1. The van der Waals surface area contributed by atoms with Crippen LogP contribution >= 0.6 is 0 Å². The number of carbonyl (C=O) groups is 1. The zero-order valence-electron chi connectivity index (χ0n) is 16.3. The number of nitrogen functional groups attached to an aromatic ring is 1. The van der Waals surface area contributed by atoms with Gasteiger partial charge < -0.3 is 20.3 Å². The molecule has 3 N–H and O–H groups in total. The summed E-state index contributed by atoms with van der Waals surface area (Å²) in [6.45, 7) is 8.00. The zero-order chi connectivity index (χ0) is 19.6. The summed E-state index contributed by atoms with van der Waals surface area (Å²) >= 11 is 0. The van der Waals surface area contributed by atoms with E-state index in [1.165, 1.54) is 0 Å². The number of benzene rings is 1. The van der Waals surface area contributed by atoms with Gasteiger partial charge in [0.2, 0.25) is 0 Å². The van der Waals surface area contributed by atoms with Crippen LogP contribution in [0, 0.1) is 0 Å². The molecule has 1 heterocycles. The zero-order valence-corrected chi connectivity index (χ0v) is 16.3. The minimum atomic E-state index is -0.188. The quantitative estimate of drug-likeness (QED) is 0.657. The van der Waals surface area contributed by atoms with E-state index in [1.807, 2.05) is 0 Å². The maximum absolute atomic E-state index is 12.3. The molecule has 146 valence electrons. The molecule has 0 atom stereocenters. The summed E-state index contributed by atoms with van der Waals surface area (Å²) in [5, 5.41) is 2.81. The van der Waals surface area contributed by atoms with Gasteiger partial charge in [-0.2, -0.15) is 0 Å². The number of pyridine rings is 1. The molecule has 0 saturated carbocycles. The van der Waals surface area contributed by atoms with Gasteiger partial charge in [0.15, 0.2) is 0 Å². The average Bonchev–Trinajstić information content (AvgIpc) is 2.67. The predicted octanol–water partition coefficient (Wildman–Crippen LogP) is 3.65. The lowest BCUT2D eigenvalue weighted by atomic mass is 10.3. The van der Waals surface area contributed by atoms with Crippen LogP contribution in [0.5, 0.6) is 11.5 Å². The first-order chi connectivity index (χ1) is 13.0. The second-order valence-electron chi connectivity index (χ2n) is 6.28. The normalized spacial score (nSPS) is 10.7. The predicted molar refractivity (Wildman–Crippen MR) is 109 cm³/mol. The Balaban J connectivity index is 1.87. The van der Waals surface area contributed by atoms with Crippen LogP contribution in [0.2, 0.25) is 0 Å². The van der Waals surface area contributed by atoms with Gasteiger partial charge in [0.1, 0.15) is 17.3 Å². The summed E-state index contributed by atoms with van der Waals surface area (Å²) in [6.07, 6.45) is 2.53. The number of nitrogens with one attached hydrogen (secondary N) is 1. The molecular weight excluding hydrogens is 342 g/mol. The molecule has 2 rings (SSSR count). The smallest absolute Gasteiger partial charge is 0.322 e. The van der Waals surface area contributed by atoms with Crippen molar-refractivity contribution < 1.29 is 9.53 Å². The molecule has 1 aromatic heterocycles. The lowest BCUT2D eigenvalue weighted by Crippen LogP contribution is -2.34. The molecule has 2 aromatic rings. The number of amides is 2. The molecule has 0 fully saturated rings. The van der Waals surface area contributed by atoms with Crippen LogP contribution in [0.15, 0.2) is 42.6 Å². The largest absolute Gasteiger partial charge is 0.457 e. The van der Waals surface area contributed by atoms with Crippen molar-refractivity contribution in [3.05, 3.63) is 42.6 Å². The Morgan fingerprint density at radius 2 is 1.81 bits per heavy atom. The van der Waals surface area contributed by atoms with E-state index in [2.05, 4.69) is 29.0 Å². The van der Waals surface area contributed by atoms with E-state index in [9.17, 15) is 4.79 Å². The van der Waals surface area contributed by atoms with Gasteiger partial charge >= 0.3 is 6.03 Å². The summed E-state index contributed by atoms with van der Waals surface area (Å²) in [7, 11) is 1.78. The van der Waals surface area contributed by atoms with E-state index in [-0.39, 0.29) is 6.03 Å². The highest BCUT2D eigenvalue weighted by Crippen LogP contribution is 2.23. The number of nitrogens with zero attached hydrogens (tertiary/aromatic N) is 3. The second-order valence-corrected chi connectivity index (χ2v) is 6.28. The fraction of sp³-hybridized carbons (Fsp3) is 0.400. The Morgan fingerprint density at radius 1 is 1.11 bits per heavy atom. The summed E-state index contributed by atoms with van der Waals surface area (Å²) in [6, 6.07) is 10.4. The van der Waals surface area contributed by atoms with Crippen LogP contribution in [0.4, 0.5) is 16.3 Å². The molecule has 0 radical (unpaired) electrons. The minimum absolute atomic E-state index is 0.188. The summed E-state index contributed by atoms with van der Waals surface area (Å²) in [5.74, 6) is 1.71. The van der Waals surface area contributed by atoms with Crippen molar-refractivity contribution in [1.29, 1.82) is 0 Å². The van der Waals surface area contributed by atoms with Crippen molar-refractivity contribution in [2.24, 2.45) is 0 Å². The van der Waals surface area contributed by atoms with Crippen molar-refractivity contribution in [3.8, 4) is 11.5 Å². The number of rotatable bonds is 9. The number of aromatic nitrogens is 1. The highest BCUT2D eigenvalue weighted by atomic mass is 16.5. The molecule has 7 heteroatoms. The maximum atomic E-state index is 12.3. The van der Waals surface area contributed by atoms with Crippen molar-refractivity contribution in [3.63, 3.8) is 0 Å². The van der Waals surface area contributed by atoms with Gasteiger partial charge in [-0.15, -0.1) is 0 Å². The number of anilines is 2. The molecule has 0 aliphatic heterocycles. The lowest BCUT2D eigenvalue weighted by Gasteiger charge is -2.21. The summed E-state index contributed by atoms with van der Waals surface area (Å²) in [5.41, 5.74) is 6.35. The highest BCUT2D eigenvalue weighted by Gasteiger charge is 2.10. The maximum Gasteiger partial charge on any atom is 0.322 e. The molecule has 0 saturated heterocycles. The van der Waals surface area contributed by atoms with Crippen LogP contribution in [0.1, 0.15) is 20.3 Å². The first-order valence-electron chi connectivity index (χ1n) is 9.25. The Morgan fingerprint density at radius 3 is 2.48 bits per heavy atom. The molecule has 0 aliphatic carbocycles. The first-order valence-corrected chi connectivity index (χ1v) is 9.25. The third kappa shape index (κ3) is 6.79. The molecule has 0 unspecified atom stereocenters. The number of nitrogens with two attached hydrogens (primary N) is 1. The summed E-state index contributed by atoms with van der Waals surface area (Å²) < 4.78 is 5.77. The SMILES string of the molecule is CCN(CC)CCCN(C)C(=O)Nc1cc(Oc2ccc(N)cc2)ccn1. The van der Waals surface area contributed by atoms with E-state index in [0.29, 0.717) is 29.5 Å².